The van der Waals surface area contributed by atoms with Gasteiger partial charge < -0.3 is 31.5 Å². The second kappa shape index (κ2) is 8.52. The number of aromatic nitrogens is 1. The Hall–Kier alpha value is -3.80. The summed E-state index contributed by atoms with van der Waals surface area (Å²) in [7, 11) is 0. The van der Waals surface area contributed by atoms with E-state index in [1.54, 1.807) is 13.8 Å². The van der Waals surface area contributed by atoms with Crippen LogP contribution in [-0.2, 0) is 14.4 Å². The van der Waals surface area contributed by atoms with Crippen LogP contribution in [0, 0.1) is 0 Å². The molecule has 11 nitrogen and oxygen atoms in total. The molecule has 6 N–H and O–H groups in total. The molecule has 2 aromatic rings. The first-order valence-corrected chi connectivity index (χ1v) is 11.2. The van der Waals surface area contributed by atoms with Crippen molar-refractivity contribution in [1.82, 2.24) is 20.5 Å². The van der Waals surface area contributed by atoms with Crippen molar-refractivity contribution in [2.45, 2.75) is 42.1 Å². The summed E-state index contributed by atoms with van der Waals surface area (Å²) in [6, 6.07) is 5.48. The zero-order valence-electron chi connectivity index (χ0n) is 18.3. The maximum atomic E-state index is 13.3. The highest BCUT2D eigenvalue weighted by atomic mass is 32.2. The summed E-state index contributed by atoms with van der Waals surface area (Å²) in [5, 5.41) is 23.9. The van der Waals surface area contributed by atoms with Gasteiger partial charge in [0, 0.05) is 10.9 Å². The van der Waals surface area contributed by atoms with Crippen molar-refractivity contribution in [3.63, 3.8) is 0 Å². The Morgan fingerprint density at radius 3 is 2.50 bits per heavy atom. The first-order valence-electron chi connectivity index (χ1n) is 10.3. The maximum Gasteiger partial charge on any atom is 0.327 e. The lowest BCUT2D eigenvalue weighted by Gasteiger charge is -2.44. The number of anilines is 1. The van der Waals surface area contributed by atoms with E-state index in [0.29, 0.717) is 5.56 Å². The summed E-state index contributed by atoms with van der Waals surface area (Å²) in [6.45, 7) is 3.47. The number of nitrogens with zero attached hydrogens (tertiary/aromatic N) is 2. The van der Waals surface area contributed by atoms with E-state index in [2.05, 4.69) is 15.6 Å². The van der Waals surface area contributed by atoms with Crippen LogP contribution in [0.25, 0.3) is 0 Å². The number of amides is 3. The highest BCUT2D eigenvalue weighted by Gasteiger charge is 2.64. The molecule has 12 heteroatoms. The third-order valence-corrected chi connectivity index (χ3v) is 7.39. The Bertz CT molecular complexity index is 1170. The third-order valence-electron chi connectivity index (χ3n) is 5.82. The first-order chi connectivity index (χ1) is 16.0. The van der Waals surface area contributed by atoms with Gasteiger partial charge in [0.1, 0.15) is 35.1 Å². The first kappa shape index (κ1) is 23.4. The van der Waals surface area contributed by atoms with Crippen LogP contribution in [0.5, 0.6) is 5.75 Å². The Morgan fingerprint density at radius 2 is 1.88 bits per heavy atom. The number of hydrogen-bond acceptors (Lipinski definition) is 8. The van der Waals surface area contributed by atoms with Gasteiger partial charge in [-0.2, -0.15) is 0 Å². The van der Waals surface area contributed by atoms with Gasteiger partial charge in [-0.05, 0) is 43.7 Å². The predicted molar refractivity (Wildman–Crippen MR) is 123 cm³/mol. The lowest BCUT2D eigenvalue weighted by molar-refractivity contribution is -0.161. The van der Waals surface area contributed by atoms with E-state index in [4.69, 9.17) is 5.73 Å². The molecule has 2 aliphatic heterocycles. The van der Waals surface area contributed by atoms with Crippen molar-refractivity contribution in [2.75, 3.05) is 5.73 Å². The summed E-state index contributed by atoms with van der Waals surface area (Å²) >= 11 is 1.29. The van der Waals surface area contributed by atoms with Gasteiger partial charge in [0.15, 0.2) is 0 Å². The smallest absolute Gasteiger partial charge is 0.327 e. The Kier molecular flexibility index (Phi) is 5.86. The summed E-state index contributed by atoms with van der Waals surface area (Å²) in [6.07, 6.45) is 1.43. The molecule has 2 aliphatic rings. The van der Waals surface area contributed by atoms with Crippen molar-refractivity contribution in [3.05, 3.63) is 53.7 Å². The molecule has 1 aromatic carbocycles. The summed E-state index contributed by atoms with van der Waals surface area (Å²) in [5.41, 5.74) is 6.21. The lowest BCUT2D eigenvalue weighted by Crippen LogP contribution is -2.71. The van der Waals surface area contributed by atoms with E-state index >= 15 is 0 Å². The molecule has 2 unspecified atom stereocenters. The molecule has 0 spiro atoms. The fraction of sp³-hybridized carbons (Fsp3) is 0.318. The quantitative estimate of drug-likeness (QED) is 0.364. The van der Waals surface area contributed by atoms with Crippen LogP contribution >= 0.6 is 11.8 Å². The molecule has 34 heavy (non-hydrogen) atoms. The monoisotopic (exact) mass is 485 g/mol. The number of nitrogens with one attached hydrogen (secondary N) is 2. The van der Waals surface area contributed by atoms with E-state index in [-0.39, 0.29) is 17.1 Å². The molecule has 178 valence electrons. The number of nitrogens with two attached hydrogens (primary N) is 1. The molecular formula is C22H23N5O6S. The normalized spacial score (nSPS) is 23.4. The van der Waals surface area contributed by atoms with Gasteiger partial charge in [-0.3, -0.25) is 14.4 Å². The predicted octanol–water partition coefficient (Wildman–Crippen LogP) is 0.472. The van der Waals surface area contributed by atoms with Gasteiger partial charge in [-0.15, -0.1) is 11.8 Å². The number of carboxylic acids is 1. The second-order valence-electron chi connectivity index (χ2n) is 8.52. The van der Waals surface area contributed by atoms with Crippen LogP contribution < -0.4 is 16.4 Å². The number of hydrogen-bond donors (Lipinski definition) is 5. The number of phenols is 1. The van der Waals surface area contributed by atoms with Gasteiger partial charge in [0.25, 0.3) is 5.91 Å². The van der Waals surface area contributed by atoms with Crippen molar-refractivity contribution in [3.8, 4) is 5.75 Å². The number of pyridine rings is 1. The fourth-order valence-corrected chi connectivity index (χ4v) is 5.79. The summed E-state index contributed by atoms with van der Waals surface area (Å²) in [4.78, 5) is 55.7. The third kappa shape index (κ3) is 4.00. The molecule has 4 atom stereocenters. The van der Waals surface area contributed by atoms with E-state index < -0.39 is 51.9 Å². The van der Waals surface area contributed by atoms with Crippen LogP contribution in [-0.4, -0.2) is 66.0 Å². The molecule has 2 saturated heterocycles. The molecule has 0 saturated carbocycles. The maximum absolute atomic E-state index is 13.3. The molecule has 3 amide bonds. The topological polar surface area (TPSA) is 175 Å². The minimum atomic E-state index is -1.22. The summed E-state index contributed by atoms with van der Waals surface area (Å²) < 4.78 is -0.742. The fourth-order valence-electron chi connectivity index (χ4n) is 4.17. The zero-order chi connectivity index (χ0) is 24.8. The summed E-state index contributed by atoms with van der Waals surface area (Å²) in [5.74, 6) is -2.98. The number of β-lactam (4-membered cyclic amide) rings is 1. The van der Waals surface area contributed by atoms with E-state index in [1.807, 2.05) is 0 Å². The van der Waals surface area contributed by atoms with Gasteiger partial charge >= 0.3 is 5.97 Å². The lowest BCUT2D eigenvalue weighted by atomic mass is 9.95. The number of fused-ring (bicyclic) bond motifs is 1. The number of carbonyl (C=O) groups is 4. The molecule has 0 bridgehead atoms. The number of rotatable bonds is 6. The molecule has 1 aromatic heterocycles. The van der Waals surface area contributed by atoms with Crippen LogP contribution in [0.15, 0.2) is 42.6 Å². The van der Waals surface area contributed by atoms with Gasteiger partial charge in [0.2, 0.25) is 11.8 Å². The largest absolute Gasteiger partial charge is 0.508 e. The van der Waals surface area contributed by atoms with Crippen molar-refractivity contribution >= 4 is 41.3 Å². The molecule has 4 rings (SSSR count). The van der Waals surface area contributed by atoms with Crippen LogP contribution in [0.3, 0.4) is 0 Å². The van der Waals surface area contributed by atoms with Crippen LogP contribution in [0.1, 0.15) is 35.8 Å². The van der Waals surface area contributed by atoms with Crippen molar-refractivity contribution < 1.29 is 29.4 Å². The highest BCUT2D eigenvalue weighted by molar-refractivity contribution is 8.01. The minimum absolute atomic E-state index is 0.0148. The van der Waals surface area contributed by atoms with Gasteiger partial charge in [-0.25, -0.2) is 9.78 Å². The number of aliphatic carboxylic acids is 1. The Balaban J connectivity index is 1.56. The van der Waals surface area contributed by atoms with Gasteiger partial charge in [-0.1, -0.05) is 12.1 Å². The second-order valence-corrected chi connectivity index (χ2v) is 10.3. The Labute approximate surface area is 198 Å². The number of aromatic hydroxyl groups is 1. The number of carbonyl (C=O) groups excluding carboxylic acids is 3. The van der Waals surface area contributed by atoms with Crippen LogP contribution in [0.2, 0.25) is 0 Å². The highest BCUT2D eigenvalue weighted by Crippen LogP contribution is 2.50. The SMILES string of the molecule is CC1(C)S[C@@H]2C(NC(=O)C(NC(=O)c3cccnc3N)c3ccc(O)cc3)C(=O)N2[C@H]1C(=O)O. The van der Waals surface area contributed by atoms with Crippen LogP contribution in [0.4, 0.5) is 5.82 Å². The minimum Gasteiger partial charge on any atom is -0.508 e. The molecule has 0 radical (unpaired) electrons. The average Bonchev–Trinajstić information content (AvgIpc) is 3.04. The average molecular weight is 486 g/mol. The number of thioether (sulfide) groups is 1. The zero-order valence-corrected chi connectivity index (χ0v) is 19.1. The standard InChI is InChI=1S/C22H23N5O6S/c1-22(2)15(21(32)33)27-19(31)14(20(27)34-22)26-18(30)13(10-5-7-11(28)8-6-10)25-17(29)12-4-3-9-24-16(12)23/h3-9,13-15,20,28H,1-2H3,(H2,23,24)(H,25,29)(H,26,30)(H,32,33)/t13?,14?,15-,20+/m0/s1. The number of nitrogen functional groups attached to an aromatic ring is 1. The van der Waals surface area contributed by atoms with E-state index in [1.165, 1.54) is 59.3 Å². The number of carboxylic acid groups (broad SMARTS) is 1. The van der Waals surface area contributed by atoms with E-state index in [0.717, 1.165) is 0 Å². The van der Waals surface area contributed by atoms with Crippen molar-refractivity contribution in [2.24, 2.45) is 0 Å². The molecular weight excluding hydrogens is 462 g/mol. The molecule has 0 aliphatic carbocycles. The number of phenolic OH excluding ortho intramolecular Hbond substituents is 1. The van der Waals surface area contributed by atoms with Gasteiger partial charge in [0.05, 0.1) is 5.56 Å². The molecule has 3 heterocycles. The molecule has 2 fully saturated rings. The van der Waals surface area contributed by atoms with Crippen molar-refractivity contribution in [1.29, 1.82) is 0 Å². The number of benzene rings is 1. The Morgan fingerprint density at radius 1 is 1.21 bits per heavy atom. The van der Waals surface area contributed by atoms with E-state index in [9.17, 15) is 29.4 Å².